The van der Waals surface area contributed by atoms with Crippen molar-refractivity contribution in [3.8, 4) is 0 Å². The van der Waals surface area contributed by atoms with Crippen LogP contribution in [-0.4, -0.2) is 24.0 Å². The lowest BCUT2D eigenvalue weighted by Gasteiger charge is -2.20. The Morgan fingerprint density at radius 1 is 1.23 bits per heavy atom. The standard InChI is InChI=1S/C17H23ClO4/c1-12(9-16(20)22-17(2,3)4)15(19)11-21-10-13-7-5-6-8-14(13)18/h5-8,12H,9-11H2,1-4H3/t12-/m0/s1. The highest BCUT2D eigenvalue weighted by atomic mass is 35.5. The maximum absolute atomic E-state index is 12.0. The van der Waals surface area contributed by atoms with Crippen LogP contribution in [0.3, 0.4) is 0 Å². The van der Waals surface area contributed by atoms with Crippen molar-refractivity contribution in [1.29, 1.82) is 0 Å². The van der Waals surface area contributed by atoms with Gasteiger partial charge < -0.3 is 9.47 Å². The van der Waals surface area contributed by atoms with Gasteiger partial charge in [0.15, 0.2) is 5.78 Å². The summed E-state index contributed by atoms with van der Waals surface area (Å²) in [6.45, 7) is 7.31. The molecule has 122 valence electrons. The molecule has 5 heteroatoms. The lowest BCUT2D eigenvalue weighted by molar-refractivity contribution is -0.157. The first-order valence-electron chi connectivity index (χ1n) is 7.25. The van der Waals surface area contributed by atoms with Crippen LogP contribution in [0.25, 0.3) is 0 Å². The van der Waals surface area contributed by atoms with E-state index in [0.29, 0.717) is 5.02 Å². The number of esters is 1. The Balaban J connectivity index is 2.36. The van der Waals surface area contributed by atoms with Crippen molar-refractivity contribution >= 4 is 23.4 Å². The van der Waals surface area contributed by atoms with Crippen molar-refractivity contribution in [3.63, 3.8) is 0 Å². The van der Waals surface area contributed by atoms with Gasteiger partial charge >= 0.3 is 5.97 Å². The first-order valence-corrected chi connectivity index (χ1v) is 7.62. The van der Waals surface area contributed by atoms with E-state index in [-0.39, 0.29) is 31.4 Å². The van der Waals surface area contributed by atoms with Crippen molar-refractivity contribution in [1.82, 2.24) is 0 Å². The van der Waals surface area contributed by atoms with Gasteiger partial charge in [0.1, 0.15) is 12.2 Å². The van der Waals surface area contributed by atoms with E-state index in [0.717, 1.165) is 5.56 Å². The highest BCUT2D eigenvalue weighted by molar-refractivity contribution is 6.31. The van der Waals surface area contributed by atoms with Gasteiger partial charge in [0, 0.05) is 10.9 Å². The summed E-state index contributed by atoms with van der Waals surface area (Å²) >= 11 is 6.01. The van der Waals surface area contributed by atoms with Gasteiger partial charge in [0.25, 0.3) is 0 Å². The molecule has 0 aliphatic heterocycles. The number of rotatable bonds is 7. The fraction of sp³-hybridized carbons (Fsp3) is 0.529. The first-order chi connectivity index (χ1) is 10.2. The van der Waals surface area contributed by atoms with Gasteiger partial charge in [0.05, 0.1) is 13.0 Å². The molecule has 1 aromatic rings. The quantitative estimate of drug-likeness (QED) is 0.715. The summed E-state index contributed by atoms with van der Waals surface area (Å²) < 4.78 is 10.6. The topological polar surface area (TPSA) is 52.6 Å². The Morgan fingerprint density at radius 3 is 2.45 bits per heavy atom. The monoisotopic (exact) mass is 326 g/mol. The largest absolute Gasteiger partial charge is 0.460 e. The second kappa shape index (κ2) is 8.30. The van der Waals surface area contributed by atoms with E-state index in [2.05, 4.69) is 0 Å². The molecule has 0 fully saturated rings. The maximum atomic E-state index is 12.0. The molecule has 0 radical (unpaired) electrons. The Kier molecular flexibility index (Phi) is 7.04. The average Bonchev–Trinajstić information content (AvgIpc) is 2.38. The first kappa shape index (κ1) is 18.7. The SMILES string of the molecule is C[C@@H](CC(=O)OC(C)(C)C)C(=O)COCc1ccccc1Cl. The van der Waals surface area contributed by atoms with Crippen molar-refractivity contribution in [2.45, 2.75) is 46.3 Å². The van der Waals surface area contributed by atoms with Gasteiger partial charge in [-0.15, -0.1) is 0 Å². The predicted octanol–water partition coefficient (Wildman–Crippen LogP) is 3.79. The lowest BCUT2D eigenvalue weighted by Crippen LogP contribution is -2.27. The summed E-state index contributed by atoms with van der Waals surface area (Å²) in [6.07, 6.45) is 0.0611. The number of carbonyl (C=O) groups excluding carboxylic acids is 2. The number of halogens is 1. The molecule has 0 aromatic heterocycles. The lowest BCUT2D eigenvalue weighted by atomic mass is 10.0. The molecule has 0 unspecified atom stereocenters. The normalized spacial score (nSPS) is 12.8. The molecule has 0 aliphatic rings. The third-order valence-electron chi connectivity index (χ3n) is 2.90. The van der Waals surface area contributed by atoms with Gasteiger partial charge in [0.2, 0.25) is 0 Å². The van der Waals surface area contributed by atoms with E-state index >= 15 is 0 Å². The van der Waals surface area contributed by atoms with Crippen LogP contribution in [0.15, 0.2) is 24.3 Å². The number of hydrogen-bond acceptors (Lipinski definition) is 4. The minimum absolute atomic E-state index is 0.0464. The molecular formula is C17H23ClO4. The molecule has 1 rings (SSSR count). The number of hydrogen-bond donors (Lipinski definition) is 0. The molecule has 0 saturated carbocycles. The fourth-order valence-electron chi connectivity index (χ4n) is 1.77. The number of benzene rings is 1. The zero-order valence-electron chi connectivity index (χ0n) is 13.5. The number of Topliss-reactive ketones (excluding diaryl/α,β-unsaturated/α-hetero) is 1. The van der Waals surface area contributed by atoms with E-state index in [1.54, 1.807) is 33.8 Å². The molecule has 0 amide bonds. The van der Waals surface area contributed by atoms with Gasteiger partial charge in [-0.2, -0.15) is 0 Å². The number of carbonyl (C=O) groups is 2. The Morgan fingerprint density at radius 2 is 1.86 bits per heavy atom. The summed E-state index contributed by atoms with van der Waals surface area (Å²) in [5.41, 5.74) is 0.289. The number of ketones is 1. The zero-order chi connectivity index (χ0) is 16.8. The Bertz CT molecular complexity index is 520. The molecule has 0 N–H and O–H groups in total. The fourth-order valence-corrected chi connectivity index (χ4v) is 1.96. The smallest absolute Gasteiger partial charge is 0.307 e. The van der Waals surface area contributed by atoms with Crippen LogP contribution in [0.2, 0.25) is 5.02 Å². The highest BCUT2D eigenvalue weighted by Crippen LogP contribution is 2.16. The van der Waals surface area contributed by atoms with Crippen LogP contribution in [0.5, 0.6) is 0 Å². The number of ether oxygens (including phenoxy) is 2. The third-order valence-corrected chi connectivity index (χ3v) is 3.27. The van der Waals surface area contributed by atoms with Crippen LogP contribution in [0.1, 0.15) is 39.7 Å². The summed E-state index contributed by atoms with van der Waals surface area (Å²) in [5.74, 6) is -0.932. The van der Waals surface area contributed by atoms with Gasteiger partial charge in [-0.1, -0.05) is 36.7 Å². The second-order valence-electron chi connectivity index (χ2n) is 6.24. The molecular weight excluding hydrogens is 304 g/mol. The molecule has 0 saturated heterocycles. The van der Waals surface area contributed by atoms with Crippen molar-refractivity contribution in [2.24, 2.45) is 5.92 Å². The van der Waals surface area contributed by atoms with Crippen LogP contribution in [0.4, 0.5) is 0 Å². The molecule has 0 heterocycles. The van der Waals surface area contributed by atoms with Gasteiger partial charge in [-0.25, -0.2) is 0 Å². The Labute approximate surface area is 136 Å². The molecule has 0 spiro atoms. The highest BCUT2D eigenvalue weighted by Gasteiger charge is 2.22. The minimum atomic E-state index is -0.541. The van der Waals surface area contributed by atoms with E-state index < -0.39 is 11.5 Å². The molecule has 1 atom stereocenters. The van der Waals surface area contributed by atoms with Crippen LogP contribution >= 0.6 is 11.6 Å². The van der Waals surface area contributed by atoms with E-state index in [4.69, 9.17) is 21.1 Å². The second-order valence-corrected chi connectivity index (χ2v) is 6.65. The Hall–Kier alpha value is -1.39. The van der Waals surface area contributed by atoms with Gasteiger partial charge in [-0.05, 0) is 32.4 Å². The van der Waals surface area contributed by atoms with Gasteiger partial charge in [-0.3, -0.25) is 9.59 Å². The summed E-state index contributed by atoms with van der Waals surface area (Å²) in [4.78, 5) is 23.6. The minimum Gasteiger partial charge on any atom is -0.460 e. The summed E-state index contributed by atoms with van der Waals surface area (Å²) in [5, 5.41) is 0.608. The average molecular weight is 327 g/mol. The van der Waals surface area contributed by atoms with Crippen LogP contribution in [0, 0.1) is 5.92 Å². The molecule has 22 heavy (non-hydrogen) atoms. The molecule has 4 nitrogen and oxygen atoms in total. The molecule has 0 bridgehead atoms. The van der Waals surface area contributed by atoms with E-state index in [1.165, 1.54) is 0 Å². The molecule has 0 aliphatic carbocycles. The molecule has 1 aromatic carbocycles. The maximum Gasteiger partial charge on any atom is 0.307 e. The van der Waals surface area contributed by atoms with Crippen LogP contribution in [-0.2, 0) is 25.7 Å². The van der Waals surface area contributed by atoms with Crippen LogP contribution < -0.4 is 0 Å². The summed E-state index contributed by atoms with van der Waals surface area (Å²) in [6, 6.07) is 7.31. The zero-order valence-corrected chi connectivity index (χ0v) is 14.3. The van der Waals surface area contributed by atoms with E-state index in [1.807, 2.05) is 18.2 Å². The van der Waals surface area contributed by atoms with Crippen molar-refractivity contribution < 1.29 is 19.1 Å². The summed E-state index contributed by atoms with van der Waals surface area (Å²) in [7, 11) is 0. The third kappa shape index (κ3) is 7.05. The van der Waals surface area contributed by atoms with Crippen molar-refractivity contribution in [2.75, 3.05) is 6.61 Å². The van der Waals surface area contributed by atoms with Crippen molar-refractivity contribution in [3.05, 3.63) is 34.9 Å². The van der Waals surface area contributed by atoms with E-state index in [9.17, 15) is 9.59 Å². The predicted molar refractivity (Wildman–Crippen MR) is 85.7 cm³/mol.